The van der Waals surface area contributed by atoms with Gasteiger partial charge in [0.25, 0.3) is 0 Å². The monoisotopic (exact) mass is 283 g/mol. The number of rotatable bonds is 4. The first-order valence-corrected chi connectivity index (χ1v) is 6.87. The number of nitrogens with zero attached hydrogens (tertiary/aromatic N) is 3. The average Bonchev–Trinajstić information content (AvgIpc) is 2.92. The molecule has 0 aliphatic rings. The van der Waals surface area contributed by atoms with Crippen LogP contribution in [0.5, 0.6) is 11.6 Å². The number of anilines is 1. The molecular weight excluding hydrogens is 266 g/mol. The highest BCUT2D eigenvalue weighted by Gasteiger charge is 2.11. The van der Waals surface area contributed by atoms with Crippen LogP contribution in [-0.2, 0) is 0 Å². The number of benzene rings is 1. The Bertz CT molecular complexity index is 781. The van der Waals surface area contributed by atoms with Crippen molar-refractivity contribution in [3.63, 3.8) is 0 Å². The summed E-state index contributed by atoms with van der Waals surface area (Å²) < 4.78 is 5.92. The second-order valence-corrected chi connectivity index (χ2v) is 4.86. The number of nitrogens with one attached hydrogen (secondary N) is 2. The largest absolute Gasteiger partial charge is 0.438 e. The zero-order chi connectivity index (χ0) is 14.8. The molecule has 0 radical (unpaired) electrons. The van der Waals surface area contributed by atoms with Gasteiger partial charge in [0.1, 0.15) is 11.1 Å². The standard InChI is InChI=1S/C15H17N5O/c1-4-16-15-18-13-12(8-17-20-13)14(19-15)21-11-6-5-9(2)10(3)7-11/h5-8H,4H2,1-3H3,(H2,16,17,18,19,20). The van der Waals surface area contributed by atoms with Crippen LogP contribution in [0.1, 0.15) is 18.1 Å². The normalized spacial score (nSPS) is 10.8. The molecule has 108 valence electrons. The van der Waals surface area contributed by atoms with E-state index in [1.54, 1.807) is 6.20 Å². The molecule has 2 N–H and O–H groups in total. The van der Waals surface area contributed by atoms with Crippen molar-refractivity contribution in [1.82, 2.24) is 20.2 Å². The molecular formula is C15H17N5O. The van der Waals surface area contributed by atoms with Gasteiger partial charge in [-0.25, -0.2) is 0 Å². The van der Waals surface area contributed by atoms with E-state index in [9.17, 15) is 0 Å². The summed E-state index contributed by atoms with van der Waals surface area (Å²) in [7, 11) is 0. The first kappa shape index (κ1) is 13.4. The molecule has 0 fully saturated rings. The van der Waals surface area contributed by atoms with Crippen molar-refractivity contribution >= 4 is 17.0 Å². The van der Waals surface area contributed by atoms with Crippen molar-refractivity contribution in [1.29, 1.82) is 0 Å². The number of aryl methyl sites for hydroxylation is 2. The molecule has 0 aliphatic heterocycles. The Morgan fingerprint density at radius 2 is 2.05 bits per heavy atom. The van der Waals surface area contributed by atoms with E-state index in [2.05, 4.69) is 39.3 Å². The summed E-state index contributed by atoms with van der Waals surface area (Å²) in [5.74, 6) is 1.77. The van der Waals surface area contributed by atoms with Gasteiger partial charge in [0.05, 0.1) is 6.20 Å². The van der Waals surface area contributed by atoms with Crippen LogP contribution in [0.2, 0.25) is 0 Å². The van der Waals surface area contributed by atoms with Crippen LogP contribution in [0.4, 0.5) is 5.95 Å². The number of fused-ring (bicyclic) bond motifs is 1. The molecule has 0 atom stereocenters. The van der Waals surface area contributed by atoms with Crippen LogP contribution in [0.3, 0.4) is 0 Å². The minimum Gasteiger partial charge on any atom is -0.438 e. The third-order valence-electron chi connectivity index (χ3n) is 3.30. The van der Waals surface area contributed by atoms with Gasteiger partial charge in [0.15, 0.2) is 5.65 Å². The molecule has 0 spiro atoms. The third kappa shape index (κ3) is 2.65. The lowest BCUT2D eigenvalue weighted by molar-refractivity contribution is 0.468. The molecule has 21 heavy (non-hydrogen) atoms. The molecule has 6 heteroatoms. The Morgan fingerprint density at radius 1 is 1.19 bits per heavy atom. The summed E-state index contributed by atoms with van der Waals surface area (Å²) in [6, 6.07) is 5.96. The second kappa shape index (κ2) is 5.40. The van der Waals surface area contributed by atoms with E-state index in [1.807, 2.05) is 25.1 Å². The minimum atomic E-state index is 0.493. The number of hydrogen-bond acceptors (Lipinski definition) is 5. The number of aromatic amines is 1. The molecule has 6 nitrogen and oxygen atoms in total. The maximum atomic E-state index is 5.92. The van der Waals surface area contributed by atoms with Crippen LogP contribution in [0, 0.1) is 13.8 Å². The lowest BCUT2D eigenvalue weighted by Gasteiger charge is -2.09. The van der Waals surface area contributed by atoms with Crippen molar-refractivity contribution < 1.29 is 4.74 Å². The summed E-state index contributed by atoms with van der Waals surface area (Å²) in [5.41, 5.74) is 3.06. The lowest BCUT2D eigenvalue weighted by atomic mass is 10.1. The maximum Gasteiger partial charge on any atom is 0.235 e. The summed E-state index contributed by atoms with van der Waals surface area (Å²) >= 11 is 0. The predicted molar refractivity (Wildman–Crippen MR) is 81.8 cm³/mol. The Hall–Kier alpha value is -2.63. The molecule has 2 aromatic heterocycles. The van der Waals surface area contributed by atoms with E-state index in [0.29, 0.717) is 17.5 Å². The maximum absolute atomic E-state index is 5.92. The van der Waals surface area contributed by atoms with Crippen LogP contribution in [0.15, 0.2) is 24.4 Å². The fourth-order valence-electron chi connectivity index (χ4n) is 2.01. The second-order valence-electron chi connectivity index (χ2n) is 4.86. The Morgan fingerprint density at radius 3 is 2.81 bits per heavy atom. The molecule has 0 amide bonds. The SMILES string of the molecule is CCNc1nc(Oc2ccc(C)c(C)c2)c2cn[nH]c2n1. The van der Waals surface area contributed by atoms with Crippen molar-refractivity contribution in [2.75, 3.05) is 11.9 Å². The van der Waals surface area contributed by atoms with Gasteiger partial charge in [-0.3, -0.25) is 5.10 Å². The fraction of sp³-hybridized carbons (Fsp3) is 0.267. The fourth-order valence-corrected chi connectivity index (χ4v) is 2.01. The Labute approximate surface area is 122 Å². The molecule has 3 rings (SSSR count). The Balaban J connectivity index is 2.01. The van der Waals surface area contributed by atoms with Crippen LogP contribution in [-0.4, -0.2) is 26.7 Å². The highest BCUT2D eigenvalue weighted by Crippen LogP contribution is 2.28. The highest BCUT2D eigenvalue weighted by atomic mass is 16.5. The van der Waals surface area contributed by atoms with Crippen LogP contribution < -0.4 is 10.1 Å². The van der Waals surface area contributed by atoms with Crippen LogP contribution >= 0.6 is 0 Å². The third-order valence-corrected chi connectivity index (χ3v) is 3.30. The van der Waals surface area contributed by atoms with E-state index < -0.39 is 0 Å². The first-order chi connectivity index (χ1) is 10.2. The smallest absolute Gasteiger partial charge is 0.235 e. The van der Waals surface area contributed by atoms with Crippen LogP contribution in [0.25, 0.3) is 11.0 Å². The summed E-state index contributed by atoms with van der Waals surface area (Å²) in [6.45, 7) is 6.86. The minimum absolute atomic E-state index is 0.493. The molecule has 0 aliphatic carbocycles. The van der Waals surface area contributed by atoms with E-state index in [-0.39, 0.29) is 0 Å². The molecule has 0 unspecified atom stereocenters. The molecule has 2 heterocycles. The number of aromatic nitrogens is 4. The first-order valence-electron chi connectivity index (χ1n) is 6.87. The molecule has 0 bridgehead atoms. The van der Waals surface area contributed by atoms with Gasteiger partial charge < -0.3 is 10.1 Å². The van der Waals surface area contributed by atoms with Crippen molar-refractivity contribution in [3.8, 4) is 11.6 Å². The van der Waals surface area contributed by atoms with Crippen molar-refractivity contribution in [3.05, 3.63) is 35.5 Å². The van der Waals surface area contributed by atoms with E-state index in [0.717, 1.165) is 17.7 Å². The summed E-state index contributed by atoms with van der Waals surface area (Å²) in [4.78, 5) is 8.74. The van der Waals surface area contributed by atoms with E-state index in [1.165, 1.54) is 11.1 Å². The van der Waals surface area contributed by atoms with E-state index in [4.69, 9.17) is 4.74 Å². The van der Waals surface area contributed by atoms with Gasteiger partial charge >= 0.3 is 0 Å². The summed E-state index contributed by atoms with van der Waals surface area (Å²) in [5, 5.41) is 10.7. The van der Waals surface area contributed by atoms with Gasteiger partial charge in [-0.15, -0.1) is 0 Å². The Kier molecular flexibility index (Phi) is 3.43. The number of ether oxygens (including phenoxy) is 1. The zero-order valence-electron chi connectivity index (χ0n) is 12.3. The number of hydrogen-bond donors (Lipinski definition) is 2. The highest BCUT2D eigenvalue weighted by molar-refractivity contribution is 5.80. The van der Waals surface area contributed by atoms with Gasteiger partial charge in [0, 0.05) is 6.54 Å². The molecule has 0 saturated heterocycles. The van der Waals surface area contributed by atoms with Gasteiger partial charge in [-0.2, -0.15) is 15.1 Å². The molecule has 0 saturated carbocycles. The van der Waals surface area contributed by atoms with E-state index >= 15 is 0 Å². The molecule has 1 aromatic carbocycles. The van der Waals surface area contributed by atoms with Gasteiger partial charge in [0.2, 0.25) is 11.8 Å². The lowest BCUT2D eigenvalue weighted by Crippen LogP contribution is -2.03. The molecule has 3 aromatic rings. The van der Waals surface area contributed by atoms with Gasteiger partial charge in [-0.05, 0) is 44.0 Å². The van der Waals surface area contributed by atoms with Crippen molar-refractivity contribution in [2.24, 2.45) is 0 Å². The quantitative estimate of drug-likeness (QED) is 0.769. The zero-order valence-corrected chi connectivity index (χ0v) is 12.3. The van der Waals surface area contributed by atoms with Crippen molar-refractivity contribution in [2.45, 2.75) is 20.8 Å². The summed E-state index contributed by atoms with van der Waals surface area (Å²) in [6.07, 6.45) is 1.67. The number of H-pyrrole nitrogens is 1. The topological polar surface area (TPSA) is 75.7 Å². The van der Waals surface area contributed by atoms with Gasteiger partial charge in [-0.1, -0.05) is 6.07 Å². The average molecular weight is 283 g/mol. The predicted octanol–water partition coefficient (Wildman–Crippen LogP) is 3.19.